The van der Waals surface area contributed by atoms with Crippen molar-refractivity contribution in [2.75, 3.05) is 25.1 Å². The van der Waals surface area contributed by atoms with E-state index in [0.717, 1.165) is 61.1 Å². The second-order valence-corrected chi connectivity index (χ2v) is 8.48. The number of rotatable bonds is 5. The Morgan fingerprint density at radius 3 is 2.96 bits per heavy atom. The molecule has 0 spiro atoms. The maximum Gasteiger partial charge on any atom is 0.164 e. The summed E-state index contributed by atoms with van der Waals surface area (Å²) >= 11 is 1.84. The predicted octanol–water partition coefficient (Wildman–Crippen LogP) is 4.78. The molecule has 1 aliphatic heterocycles. The average molecular weight is 393 g/mol. The number of fused-ring (bicyclic) bond motifs is 3. The molecule has 0 saturated heterocycles. The van der Waals surface area contributed by atoms with Crippen LogP contribution in [0.5, 0.6) is 0 Å². The number of hydrogen-bond donors (Lipinski definition) is 1. The van der Waals surface area contributed by atoms with Crippen molar-refractivity contribution in [3.05, 3.63) is 46.6 Å². The van der Waals surface area contributed by atoms with Crippen molar-refractivity contribution >= 4 is 27.4 Å². The van der Waals surface area contributed by atoms with Crippen molar-refractivity contribution in [3.8, 4) is 11.4 Å². The van der Waals surface area contributed by atoms with Crippen LogP contribution >= 0.6 is 11.3 Å². The zero-order valence-electron chi connectivity index (χ0n) is 15.9. The van der Waals surface area contributed by atoms with Crippen LogP contribution in [0.3, 0.4) is 0 Å². The zero-order chi connectivity index (χ0) is 18.8. The Labute approximate surface area is 168 Å². The van der Waals surface area contributed by atoms with Gasteiger partial charge >= 0.3 is 0 Å². The summed E-state index contributed by atoms with van der Waals surface area (Å²) in [5.74, 6) is 1.74. The lowest BCUT2D eigenvalue weighted by Gasteiger charge is -2.15. The van der Waals surface area contributed by atoms with Gasteiger partial charge in [-0.3, -0.25) is 4.98 Å². The van der Waals surface area contributed by atoms with Gasteiger partial charge in [0.25, 0.3) is 0 Å². The Morgan fingerprint density at radius 1 is 1.14 bits per heavy atom. The van der Waals surface area contributed by atoms with E-state index in [9.17, 15) is 0 Å². The minimum absolute atomic E-state index is 0.746. The van der Waals surface area contributed by atoms with Crippen molar-refractivity contribution in [1.29, 1.82) is 0 Å². The first-order valence-electron chi connectivity index (χ1n) is 10.1. The molecule has 0 aromatic carbocycles. The standard InChI is InChI=1S/C22H24N4OS/c1-2-6-18-17(5-1)19-21(24-11-7-15-8-12-27-13-9-15)25-20(26-22(19)28-18)16-4-3-10-23-14-16/h3-4,8,10,14H,1-2,5-7,9,11-13H2,(H,24,25,26). The van der Waals surface area contributed by atoms with E-state index in [1.54, 1.807) is 6.20 Å². The Balaban J connectivity index is 1.50. The van der Waals surface area contributed by atoms with Crippen molar-refractivity contribution in [3.63, 3.8) is 0 Å². The van der Waals surface area contributed by atoms with Crippen molar-refractivity contribution in [2.45, 2.75) is 38.5 Å². The van der Waals surface area contributed by atoms with E-state index in [1.165, 1.54) is 40.7 Å². The summed E-state index contributed by atoms with van der Waals surface area (Å²) in [6, 6.07) is 3.96. The molecule has 0 atom stereocenters. The molecule has 144 valence electrons. The number of hydrogen-bond acceptors (Lipinski definition) is 6. The summed E-state index contributed by atoms with van der Waals surface area (Å²) in [7, 11) is 0. The van der Waals surface area contributed by atoms with Gasteiger partial charge in [0.1, 0.15) is 10.6 Å². The van der Waals surface area contributed by atoms with Gasteiger partial charge < -0.3 is 10.1 Å². The fourth-order valence-corrected chi connectivity index (χ4v) is 5.30. The largest absolute Gasteiger partial charge is 0.377 e. The lowest BCUT2D eigenvalue weighted by Crippen LogP contribution is -2.10. The second kappa shape index (κ2) is 7.97. The Hall–Kier alpha value is -2.31. The molecule has 1 N–H and O–H groups in total. The van der Waals surface area contributed by atoms with Gasteiger partial charge in [-0.05, 0) is 56.2 Å². The third-order valence-corrected chi connectivity index (χ3v) is 6.72. The molecule has 0 radical (unpaired) electrons. The fourth-order valence-electron chi connectivity index (χ4n) is 4.04. The number of aryl methyl sites for hydroxylation is 2. The molecule has 3 aromatic heterocycles. The SMILES string of the molecule is C1=C(CCNc2nc(-c3cccnc3)nc3sc4c(c23)CCCC4)CCOC1. The zero-order valence-corrected chi connectivity index (χ0v) is 16.7. The van der Waals surface area contributed by atoms with Gasteiger partial charge in [-0.15, -0.1) is 11.3 Å². The average Bonchev–Trinajstić information content (AvgIpc) is 3.14. The molecule has 0 fully saturated rings. The van der Waals surface area contributed by atoms with E-state index in [2.05, 4.69) is 16.4 Å². The van der Waals surface area contributed by atoms with Crippen LogP contribution in [0.15, 0.2) is 36.2 Å². The maximum absolute atomic E-state index is 5.42. The summed E-state index contributed by atoms with van der Waals surface area (Å²) in [5, 5.41) is 4.88. The molecule has 28 heavy (non-hydrogen) atoms. The van der Waals surface area contributed by atoms with Gasteiger partial charge in [-0.1, -0.05) is 11.6 Å². The monoisotopic (exact) mass is 392 g/mol. The quantitative estimate of drug-likeness (QED) is 0.633. The summed E-state index contributed by atoms with van der Waals surface area (Å²) < 4.78 is 5.42. The smallest absolute Gasteiger partial charge is 0.164 e. The van der Waals surface area contributed by atoms with Crippen LogP contribution in [-0.2, 0) is 17.6 Å². The highest BCUT2D eigenvalue weighted by molar-refractivity contribution is 7.19. The normalized spacial score (nSPS) is 16.6. The summed E-state index contributed by atoms with van der Waals surface area (Å²) in [4.78, 5) is 16.7. The maximum atomic E-state index is 5.42. The van der Waals surface area contributed by atoms with Gasteiger partial charge in [-0.2, -0.15) is 0 Å². The van der Waals surface area contributed by atoms with E-state index < -0.39 is 0 Å². The molecule has 5 nitrogen and oxygen atoms in total. The summed E-state index contributed by atoms with van der Waals surface area (Å²) in [5.41, 5.74) is 3.91. The predicted molar refractivity (Wildman–Crippen MR) is 114 cm³/mol. The molecule has 5 rings (SSSR count). The van der Waals surface area contributed by atoms with Crippen molar-refractivity contribution in [1.82, 2.24) is 15.0 Å². The van der Waals surface area contributed by atoms with Crippen molar-refractivity contribution in [2.24, 2.45) is 0 Å². The molecule has 2 aliphatic rings. The molecule has 0 unspecified atom stereocenters. The topological polar surface area (TPSA) is 59.9 Å². The highest BCUT2D eigenvalue weighted by Gasteiger charge is 2.21. The summed E-state index contributed by atoms with van der Waals surface area (Å²) in [6.07, 6.45) is 12.8. The van der Waals surface area contributed by atoms with Gasteiger partial charge in [-0.25, -0.2) is 9.97 Å². The Bertz CT molecular complexity index is 1010. The molecule has 1 aliphatic carbocycles. The minimum Gasteiger partial charge on any atom is -0.377 e. The summed E-state index contributed by atoms with van der Waals surface area (Å²) in [6.45, 7) is 2.47. The van der Waals surface area contributed by atoms with Crippen LogP contribution < -0.4 is 5.32 Å². The number of ether oxygens (including phenoxy) is 1. The van der Waals surface area contributed by atoms with E-state index >= 15 is 0 Å². The fraction of sp³-hybridized carbons (Fsp3) is 0.409. The van der Waals surface area contributed by atoms with Crippen LogP contribution in [-0.4, -0.2) is 34.7 Å². The number of anilines is 1. The van der Waals surface area contributed by atoms with Crippen LogP contribution in [0, 0.1) is 0 Å². The third-order valence-electron chi connectivity index (χ3n) is 5.53. The molecule has 3 aromatic rings. The second-order valence-electron chi connectivity index (χ2n) is 7.39. The molecular weight excluding hydrogens is 368 g/mol. The van der Waals surface area contributed by atoms with Crippen molar-refractivity contribution < 1.29 is 4.74 Å². The lowest BCUT2D eigenvalue weighted by atomic mass is 9.97. The minimum atomic E-state index is 0.746. The first kappa shape index (κ1) is 17.8. The van der Waals surface area contributed by atoms with Gasteiger partial charge in [0, 0.05) is 29.4 Å². The molecular formula is C22H24N4OS. The first-order valence-corrected chi connectivity index (χ1v) is 10.9. The highest BCUT2D eigenvalue weighted by Crippen LogP contribution is 2.39. The van der Waals surface area contributed by atoms with Crippen LogP contribution in [0.1, 0.15) is 36.1 Å². The first-order chi connectivity index (χ1) is 13.9. The van der Waals surface area contributed by atoms with Gasteiger partial charge in [0.05, 0.1) is 18.6 Å². The molecule has 0 saturated carbocycles. The van der Waals surface area contributed by atoms with E-state index in [1.807, 2.05) is 29.7 Å². The number of nitrogens with zero attached hydrogens (tertiary/aromatic N) is 3. The van der Waals surface area contributed by atoms with Crippen LogP contribution in [0.4, 0.5) is 5.82 Å². The molecule has 0 bridgehead atoms. The number of pyridine rings is 1. The molecule has 4 heterocycles. The Kier molecular flexibility index (Phi) is 5.06. The third kappa shape index (κ3) is 3.54. The van der Waals surface area contributed by atoms with E-state index in [-0.39, 0.29) is 0 Å². The van der Waals surface area contributed by atoms with Crippen LogP contribution in [0.2, 0.25) is 0 Å². The number of thiophene rings is 1. The molecule has 6 heteroatoms. The molecule has 0 amide bonds. The van der Waals surface area contributed by atoms with Gasteiger partial charge in [0.2, 0.25) is 0 Å². The number of nitrogens with one attached hydrogen (secondary N) is 1. The van der Waals surface area contributed by atoms with Gasteiger partial charge in [0.15, 0.2) is 5.82 Å². The highest BCUT2D eigenvalue weighted by atomic mass is 32.1. The number of aromatic nitrogens is 3. The lowest BCUT2D eigenvalue weighted by molar-refractivity contribution is 0.153. The van der Waals surface area contributed by atoms with E-state index in [0.29, 0.717) is 0 Å². The van der Waals surface area contributed by atoms with Crippen LogP contribution in [0.25, 0.3) is 21.6 Å². The van der Waals surface area contributed by atoms with E-state index in [4.69, 9.17) is 14.7 Å². The Morgan fingerprint density at radius 2 is 2.11 bits per heavy atom.